The number of nitrogens with one attached hydrogen (secondary N) is 2. The van der Waals surface area contributed by atoms with Crippen LogP contribution in [0.2, 0.25) is 0 Å². The molecule has 0 aromatic rings. The van der Waals surface area contributed by atoms with Gasteiger partial charge < -0.3 is 69.5 Å². The van der Waals surface area contributed by atoms with Gasteiger partial charge in [0.1, 0.15) is 35.1 Å². The SMILES string of the molecule is CCCNC[C@]1(O)[C@H](C)O[C@@H](OC2[C@@H](C)C(=O)O[C@H](CC)[C@@](C)(O)[C@H](O)[C@@H](C)NC[C@H](C)C[C@@](C)(O)[C@H](O[C@@H]3O[C@H](C)C[C@H](N(C)C)[C@H]3O)[C@H]2C)C[C@@]1(C)OC. The lowest BCUT2D eigenvalue weighted by molar-refractivity contribution is -0.336. The zero-order chi connectivity index (χ0) is 42.6. The number of carbonyl (C=O) groups is 1. The fraction of sp³-hybridized carbons (Fsp3) is 0.976. The third-order valence-electron chi connectivity index (χ3n) is 13.0. The molecule has 3 aliphatic rings. The van der Waals surface area contributed by atoms with Crippen molar-refractivity contribution in [1.29, 1.82) is 0 Å². The fourth-order valence-corrected chi connectivity index (χ4v) is 9.21. The second-order valence-corrected chi connectivity index (χ2v) is 18.2. The van der Waals surface area contributed by atoms with E-state index in [0.29, 0.717) is 19.5 Å². The molecule has 330 valence electrons. The van der Waals surface area contributed by atoms with Crippen LogP contribution in [0.3, 0.4) is 0 Å². The minimum atomic E-state index is -1.81. The molecule has 0 bridgehead atoms. The first-order valence-electron chi connectivity index (χ1n) is 20.9. The molecule has 56 heavy (non-hydrogen) atoms. The lowest BCUT2D eigenvalue weighted by Gasteiger charge is -2.53. The van der Waals surface area contributed by atoms with Gasteiger partial charge in [0.15, 0.2) is 12.6 Å². The minimum Gasteiger partial charge on any atom is -0.459 e. The van der Waals surface area contributed by atoms with Gasteiger partial charge in [-0.05, 0) is 107 Å². The second-order valence-electron chi connectivity index (χ2n) is 18.2. The summed E-state index contributed by atoms with van der Waals surface area (Å²) < 4.78 is 38.3. The number of nitrogens with zero attached hydrogens (tertiary/aromatic N) is 1. The number of rotatable bonds is 11. The quantitative estimate of drug-likeness (QED) is 0.118. The number of carbonyl (C=O) groups excluding carboxylic acids is 1. The lowest BCUT2D eigenvalue weighted by atomic mass is 9.75. The molecule has 3 heterocycles. The monoisotopic (exact) mass is 806 g/mol. The molecule has 3 aliphatic heterocycles. The molecule has 3 rings (SSSR count). The Labute approximate surface area is 336 Å². The van der Waals surface area contributed by atoms with Gasteiger partial charge in [-0.25, -0.2) is 0 Å². The van der Waals surface area contributed by atoms with Crippen molar-refractivity contribution in [3.05, 3.63) is 0 Å². The average molecular weight is 806 g/mol. The van der Waals surface area contributed by atoms with E-state index in [9.17, 15) is 30.3 Å². The van der Waals surface area contributed by atoms with Crippen LogP contribution >= 0.6 is 0 Å². The van der Waals surface area contributed by atoms with Crippen LogP contribution in [0.15, 0.2) is 0 Å². The van der Waals surface area contributed by atoms with E-state index in [4.69, 9.17) is 28.4 Å². The van der Waals surface area contributed by atoms with Crippen molar-refractivity contribution in [3.8, 4) is 0 Å². The number of aliphatic hydroxyl groups is 5. The maximum Gasteiger partial charge on any atom is 0.311 e. The molecule has 15 nitrogen and oxygen atoms in total. The minimum absolute atomic E-state index is 0.0939. The van der Waals surface area contributed by atoms with Crippen LogP contribution in [0, 0.1) is 17.8 Å². The van der Waals surface area contributed by atoms with E-state index in [-0.39, 0.29) is 43.9 Å². The Morgan fingerprint density at radius 3 is 2.18 bits per heavy atom. The molecule has 0 aromatic heterocycles. The first kappa shape index (κ1) is 49.3. The molecule has 0 amide bonds. The number of likely N-dealkylation sites (N-methyl/N-ethyl adjacent to an activating group) is 1. The summed E-state index contributed by atoms with van der Waals surface area (Å²) in [5, 5.41) is 65.8. The van der Waals surface area contributed by atoms with Crippen molar-refractivity contribution in [2.45, 2.75) is 198 Å². The summed E-state index contributed by atoms with van der Waals surface area (Å²) in [6.07, 6.45) is -6.71. The first-order valence-corrected chi connectivity index (χ1v) is 20.9. The number of ether oxygens (including phenoxy) is 6. The predicted octanol–water partition coefficient (Wildman–Crippen LogP) is 1.93. The average Bonchev–Trinajstić information content (AvgIpc) is 3.12. The maximum atomic E-state index is 14.3. The molecule has 3 fully saturated rings. The Morgan fingerprint density at radius 2 is 1.61 bits per heavy atom. The summed E-state index contributed by atoms with van der Waals surface area (Å²) in [7, 11) is 5.31. The summed E-state index contributed by atoms with van der Waals surface area (Å²) in [6.45, 7) is 20.9. The lowest BCUT2D eigenvalue weighted by Crippen LogP contribution is -2.70. The molecule has 0 radical (unpaired) electrons. The highest BCUT2D eigenvalue weighted by Crippen LogP contribution is 2.43. The zero-order valence-electron chi connectivity index (χ0n) is 36.8. The van der Waals surface area contributed by atoms with Crippen molar-refractivity contribution in [3.63, 3.8) is 0 Å². The standard InChI is InChI=1S/C41H79N3O12/c1-15-17-42-22-41(50)28(8)53-31(20-39(41,10)51-14)55-33-25(5)35(56-37-32(45)29(44(12)13)18-24(4)52-37)38(9,48)19-23(3)21-43-27(7)34(46)40(11,49)30(16-2)54-36(47)26(33)6/h23-35,37,42-43,45-46,48-50H,15-22H2,1-14H3/t23-,24-,25+,26-,27-,28+,29+,30-,31+,32-,33?,34-,35-,37+,38-,39-,40-,41+/m1/s1. The molecule has 18 atom stereocenters. The van der Waals surface area contributed by atoms with E-state index in [1.165, 1.54) is 14.0 Å². The van der Waals surface area contributed by atoms with E-state index in [2.05, 4.69) is 10.6 Å². The highest BCUT2D eigenvalue weighted by atomic mass is 16.7. The van der Waals surface area contributed by atoms with Crippen molar-refractivity contribution < 1.29 is 58.7 Å². The Balaban J connectivity index is 2.16. The van der Waals surface area contributed by atoms with Crippen LogP contribution in [0.4, 0.5) is 0 Å². The fourth-order valence-electron chi connectivity index (χ4n) is 9.21. The molecular formula is C41H79N3O12. The Bertz CT molecular complexity index is 1230. The molecule has 7 N–H and O–H groups in total. The molecule has 0 aromatic carbocycles. The summed E-state index contributed by atoms with van der Waals surface area (Å²) in [5.74, 6) is -2.66. The molecule has 0 aliphatic carbocycles. The highest BCUT2D eigenvalue weighted by molar-refractivity contribution is 5.73. The molecular weight excluding hydrogens is 726 g/mol. The van der Waals surface area contributed by atoms with Crippen LogP contribution in [0.25, 0.3) is 0 Å². The van der Waals surface area contributed by atoms with E-state index >= 15 is 0 Å². The maximum absolute atomic E-state index is 14.3. The van der Waals surface area contributed by atoms with Crippen molar-refractivity contribution in [2.24, 2.45) is 17.8 Å². The topological polar surface area (TPSA) is 201 Å². The van der Waals surface area contributed by atoms with Crippen molar-refractivity contribution in [2.75, 3.05) is 40.8 Å². The summed E-state index contributed by atoms with van der Waals surface area (Å²) in [4.78, 5) is 16.2. The van der Waals surface area contributed by atoms with Gasteiger partial charge >= 0.3 is 5.97 Å². The van der Waals surface area contributed by atoms with Crippen LogP contribution in [0.5, 0.6) is 0 Å². The number of methoxy groups -OCH3 is 1. The smallest absolute Gasteiger partial charge is 0.311 e. The molecule has 1 unspecified atom stereocenters. The van der Waals surface area contributed by atoms with E-state index in [1.807, 2.05) is 53.6 Å². The van der Waals surface area contributed by atoms with Crippen LogP contribution in [-0.4, -0.2) is 167 Å². The largest absolute Gasteiger partial charge is 0.459 e. The van der Waals surface area contributed by atoms with Gasteiger partial charge in [0.25, 0.3) is 0 Å². The third-order valence-corrected chi connectivity index (χ3v) is 13.0. The first-order chi connectivity index (χ1) is 25.9. The Hall–Kier alpha value is -1.05. The molecule has 3 saturated heterocycles. The Kier molecular flexibility index (Phi) is 17.6. The van der Waals surface area contributed by atoms with Gasteiger partial charge in [0.2, 0.25) is 0 Å². The van der Waals surface area contributed by atoms with Crippen LogP contribution < -0.4 is 10.6 Å². The van der Waals surface area contributed by atoms with E-state index in [0.717, 1.165) is 6.42 Å². The van der Waals surface area contributed by atoms with Gasteiger partial charge in [0.05, 0.1) is 35.9 Å². The number of hydrogen-bond acceptors (Lipinski definition) is 15. The van der Waals surface area contributed by atoms with E-state index < -0.39 is 95.5 Å². The normalized spacial score (nSPS) is 47.9. The van der Waals surface area contributed by atoms with Gasteiger partial charge in [-0.1, -0.05) is 27.7 Å². The van der Waals surface area contributed by atoms with Crippen LogP contribution in [0.1, 0.15) is 108 Å². The third kappa shape index (κ3) is 11.0. The zero-order valence-corrected chi connectivity index (χ0v) is 36.8. The molecule has 15 heteroatoms. The summed E-state index contributed by atoms with van der Waals surface area (Å²) >= 11 is 0. The summed E-state index contributed by atoms with van der Waals surface area (Å²) in [6, 6.07) is -0.877. The number of cyclic esters (lactones) is 1. The van der Waals surface area contributed by atoms with Gasteiger partial charge in [0, 0.05) is 38.1 Å². The second kappa shape index (κ2) is 20.0. The van der Waals surface area contributed by atoms with Gasteiger partial charge in [-0.15, -0.1) is 0 Å². The Morgan fingerprint density at radius 1 is 0.964 bits per heavy atom. The molecule has 0 saturated carbocycles. The predicted molar refractivity (Wildman–Crippen MR) is 212 cm³/mol. The van der Waals surface area contributed by atoms with E-state index in [1.54, 1.807) is 34.6 Å². The van der Waals surface area contributed by atoms with Gasteiger partial charge in [-0.2, -0.15) is 0 Å². The van der Waals surface area contributed by atoms with Gasteiger partial charge in [-0.3, -0.25) is 4.79 Å². The van der Waals surface area contributed by atoms with Crippen molar-refractivity contribution >= 4 is 5.97 Å². The van der Waals surface area contributed by atoms with Crippen LogP contribution in [-0.2, 0) is 33.2 Å². The van der Waals surface area contributed by atoms with Crippen molar-refractivity contribution in [1.82, 2.24) is 15.5 Å². The number of hydrogen-bond donors (Lipinski definition) is 7. The summed E-state index contributed by atoms with van der Waals surface area (Å²) in [5.41, 5.74) is -5.95. The highest BCUT2D eigenvalue weighted by Gasteiger charge is 2.58. The molecule has 0 spiro atoms. The number of esters is 1. The number of aliphatic hydroxyl groups excluding tert-OH is 2.